The first kappa shape index (κ1) is 23.8. The van der Waals surface area contributed by atoms with Crippen molar-refractivity contribution in [3.8, 4) is 0 Å². The molecule has 3 N–H and O–H groups in total. The van der Waals surface area contributed by atoms with Gasteiger partial charge < -0.3 is 24.8 Å². The van der Waals surface area contributed by atoms with Crippen LogP contribution in [0, 0.1) is 34.5 Å². The van der Waals surface area contributed by atoms with Crippen LogP contribution in [0.5, 0.6) is 0 Å². The van der Waals surface area contributed by atoms with Gasteiger partial charge in [-0.3, -0.25) is 4.79 Å². The second-order valence-corrected chi connectivity index (χ2v) is 12.7. The average molecular weight is 487 g/mol. The average Bonchev–Trinajstić information content (AvgIpc) is 3.43. The van der Waals surface area contributed by atoms with Crippen LogP contribution in [0.4, 0.5) is 0 Å². The van der Waals surface area contributed by atoms with Gasteiger partial charge in [0.2, 0.25) is 0 Å². The molecule has 4 aliphatic carbocycles. The molecule has 6 aliphatic rings. The van der Waals surface area contributed by atoms with E-state index < -0.39 is 34.2 Å². The molecule has 7 heteroatoms. The van der Waals surface area contributed by atoms with E-state index in [2.05, 4.69) is 0 Å². The summed E-state index contributed by atoms with van der Waals surface area (Å²) in [7, 11) is 0. The maximum atomic E-state index is 13.3. The summed E-state index contributed by atoms with van der Waals surface area (Å²) in [5, 5.41) is 33.7. The lowest BCUT2D eigenvalue weighted by atomic mass is 9.44. The highest BCUT2D eigenvalue weighted by molar-refractivity contribution is 5.98. The summed E-state index contributed by atoms with van der Waals surface area (Å²) < 4.78 is 11.9. The molecule has 0 radical (unpaired) electrons. The Balaban J connectivity index is 1.34. The molecule has 1 spiro atoms. The Morgan fingerprint density at radius 1 is 1.17 bits per heavy atom. The topological polar surface area (TPSA) is 117 Å². The summed E-state index contributed by atoms with van der Waals surface area (Å²) in [6, 6.07) is 0. The molecule has 6 unspecified atom stereocenters. The van der Waals surface area contributed by atoms with E-state index in [4.69, 9.17) is 9.47 Å². The standard InChI is InChI=1S/C28H38O7/c1-14-11-22(34-24(32)15(14)2)26(4,33)19-6-5-18-16-12-23-28(35-23)21(31)8-7-20(30)25(28,3)17(16)9-10-27(18,19)13-29/h7-8,16-19,21-23,29,31,33H,5-6,9-13H2,1-4H3/t16?,17?,18?,19-,21?,22?,23-,25+,26-,27-,28?/m1/s1. The van der Waals surface area contributed by atoms with Gasteiger partial charge in [0.15, 0.2) is 5.78 Å². The van der Waals surface area contributed by atoms with Gasteiger partial charge in [0.1, 0.15) is 23.4 Å². The maximum Gasteiger partial charge on any atom is 0.334 e. The summed E-state index contributed by atoms with van der Waals surface area (Å²) in [6.45, 7) is 7.38. The highest BCUT2D eigenvalue weighted by atomic mass is 16.6. The number of cyclic esters (lactones) is 1. The second kappa shape index (κ2) is 7.27. The molecule has 0 aromatic carbocycles. The summed E-state index contributed by atoms with van der Waals surface area (Å²) >= 11 is 0. The first-order chi connectivity index (χ1) is 16.4. The lowest BCUT2D eigenvalue weighted by molar-refractivity contribution is -0.192. The van der Waals surface area contributed by atoms with Crippen molar-refractivity contribution in [2.45, 2.75) is 95.7 Å². The van der Waals surface area contributed by atoms with Gasteiger partial charge in [-0.1, -0.05) is 5.57 Å². The maximum absolute atomic E-state index is 13.3. The van der Waals surface area contributed by atoms with Crippen molar-refractivity contribution in [3.05, 3.63) is 23.3 Å². The minimum atomic E-state index is -1.28. The molecular weight excluding hydrogens is 448 g/mol. The van der Waals surface area contributed by atoms with Crippen LogP contribution >= 0.6 is 0 Å². The van der Waals surface area contributed by atoms with E-state index >= 15 is 0 Å². The van der Waals surface area contributed by atoms with Crippen molar-refractivity contribution in [1.29, 1.82) is 0 Å². The van der Waals surface area contributed by atoms with Gasteiger partial charge in [-0.2, -0.15) is 0 Å². The van der Waals surface area contributed by atoms with Crippen LogP contribution in [-0.2, 0) is 19.1 Å². The van der Waals surface area contributed by atoms with Gasteiger partial charge >= 0.3 is 5.97 Å². The third-order valence-electron chi connectivity index (χ3n) is 11.7. The van der Waals surface area contributed by atoms with Crippen molar-refractivity contribution >= 4 is 11.8 Å². The summed E-state index contributed by atoms with van der Waals surface area (Å²) in [5.41, 5.74) is -1.84. The molecule has 192 valence electrons. The zero-order chi connectivity index (χ0) is 25.1. The molecule has 0 bridgehead atoms. The monoisotopic (exact) mass is 486 g/mol. The Morgan fingerprint density at radius 3 is 2.60 bits per heavy atom. The fourth-order valence-electron chi connectivity index (χ4n) is 9.60. The van der Waals surface area contributed by atoms with Crippen LogP contribution in [0.2, 0.25) is 0 Å². The number of aliphatic hydroxyl groups excluding tert-OH is 2. The van der Waals surface area contributed by atoms with Gasteiger partial charge in [-0.25, -0.2) is 4.79 Å². The number of carbonyl (C=O) groups excluding carboxylic acids is 2. The molecule has 0 amide bonds. The van der Waals surface area contributed by atoms with E-state index in [1.165, 1.54) is 6.08 Å². The third kappa shape index (κ3) is 2.71. The number of fused-ring (bicyclic) bond motifs is 4. The molecule has 2 aliphatic heterocycles. The summed E-state index contributed by atoms with van der Waals surface area (Å²) in [6.07, 6.45) is 5.78. The number of aliphatic hydroxyl groups is 3. The van der Waals surface area contributed by atoms with Crippen LogP contribution in [0.1, 0.15) is 66.2 Å². The van der Waals surface area contributed by atoms with Crippen LogP contribution in [0.15, 0.2) is 23.3 Å². The molecule has 4 fully saturated rings. The normalized spacial score (nSPS) is 52.1. The van der Waals surface area contributed by atoms with Gasteiger partial charge in [0.25, 0.3) is 0 Å². The number of hydrogen-bond donors (Lipinski definition) is 3. The first-order valence-electron chi connectivity index (χ1n) is 13.2. The number of carbonyl (C=O) groups is 2. The number of esters is 1. The molecule has 1 saturated heterocycles. The van der Waals surface area contributed by atoms with Gasteiger partial charge in [-0.15, -0.1) is 0 Å². The summed E-state index contributed by atoms with van der Waals surface area (Å²) in [4.78, 5) is 25.8. The minimum Gasteiger partial charge on any atom is -0.456 e. The number of rotatable bonds is 3. The van der Waals surface area contributed by atoms with Crippen LogP contribution < -0.4 is 0 Å². The molecule has 6 rings (SSSR count). The van der Waals surface area contributed by atoms with Crippen molar-refractivity contribution in [1.82, 2.24) is 0 Å². The summed E-state index contributed by atoms with van der Waals surface area (Å²) in [5.74, 6) is -0.202. The first-order valence-corrected chi connectivity index (χ1v) is 13.2. The van der Waals surface area contributed by atoms with E-state index in [1.54, 1.807) is 19.9 Å². The number of epoxide rings is 1. The number of hydrogen-bond acceptors (Lipinski definition) is 7. The molecular formula is C28H38O7. The molecule has 0 aromatic rings. The smallest absolute Gasteiger partial charge is 0.334 e. The number of allylic oxidation sites excluding steroid dienone is 1. The van der Waals surface area contributed by atoms with Crippen LogP contribution in [0.3, 0.4) is 0 Å². The quantitative estimate of drug-likeness (QED) is 0.414. The fourth-order valence-corrected chi connectivity index (χ4v) is 9.60. The Morgan fingerprint density at radius 2 is 1.91 bits per heavy atom. The SMILES string of the molecule is CC1=C(C)C(=O)OC([C@](C)(O)[C@H]2CCC3C4C[C@H]5OC56C(O)C=CC(=O)[C@]6(C)C4CC[C@@]32CO)C1. The number of ether oxygens (including phenoxy) is 2. The fraction of sp³-hybridized carbons (Fsp3) is 0.786. The molecule has 11 atom stereocenters. The van der Waals surface area contributed by atoms with E-state index in [-0.39, 0.29) is 48.1 Å². The molecule has 0 aromatic heterocycles. The molecule has 7 nitrogen and oxygen atoms in total. The van der Waals surface area contributed by atoms with Crippen molar-refractivity contribution < 1.29 is 34.4 Å². The van der Waals surface area contributed by atoms with Crippen molar-refractivity contribution in [2.75, 3.05) is 6.61 Å². The van der Waals surface area contributed by atoms with Crippen molar-refractivity contribution in [2.24, 2.45) is 34.5 Å². The van der Waals surface area contributed by atoms with Crippen LogP contribution in [-0.4, -0.2) is 63.2 Å². The van der Waals surface area contributed by atoms with E-state index in [0.717, 1.165) is 31.3 Å². The number of ketones is 1. The predicted molar refractivity (Wildman–Crippen MR) is 126 cm³/mol. The molecule has 35 heavy (non-hydrogen) atoms. The second-order valence-electron chi connectivity index (χ2n) is 12.7. The Hall–Kier alpha value is -1.54. The van der Waals surface area contributed by atoms with Gasteiger partial charge in [0, 0.05) is 24.0 Å². The zero-order valence-electron chi connectivity index (χ0n) is 21.1. The lowest BCUT2D eigenvalue weighted by Gasteiger charge is -2.59. The molecule has 3 saturated carbocycles. The van der Waals surface area contributed by atoms with Gasteiger partial charge in [-0.05, 0) is 95.6 Å². The highest BCUT2D eigenvalue weighted by Crippen LogP contribution is 2.73. The van der Waals surface area contributed by atoms with Crippen LogP contribution in [0.25, 0.3) is 0 Å². The minimum absolute atomic E-state index is 0.0322. The van der Waals surface area contributed by atoms with E-state index in [1.807, 2.05) is 13.8 Å². The Labute approximate surface area is 206 Å². The predicted octanol–water partition coefficient (Wildman–Crippen LogP) is 2.47. The Bertz CT molecular complexity index is 1040. The third-order valence-corrected chi connectivity index (χ3v) is 11.7. The molecule has 2 heterocycles. The highest BCUT2D eigenvalue weighted by Gasteiger charge is 2.80. The van der Waals surface area contributed by atoms with Gasteiger partial charge in [0.05, 0.1) is 11.5 Å². The Kier molecular flexibility index (Phi) is 4.95. The van der Waals surface area contributed by atoms with E-state index in [9.17, 15) is 24.9 Å². The largest absolute Gasteiger partial charge is 0.456 e. The van der Waals surface area contributed by atoms with E-state index in [0.29, 0.717) is 18.4 Å². The zero-order valence-corrected chi connectivity index (χ0v) is 21.1. The van der Waals surface area contributed by atoms with Crippen molar-refractivity contribution in [3.63, 3.8) is 0 Å². The lowest BCUT2D eigenvalue weighted by Crippen LogP contribution is -2.65.